The van der Waals surface area contributed by atoms with Crippen LogP contribution in [0.3, 0.4) is 0 Å². The van der Waals surface area contributed by atoms with Crippen molar-refractivity contribution < 1.29 is 4.79 Å². The van der Waals surface area contributed by atoms with Gasteiger partial charge in [-0.05, 0) is 50.1 Å². The van der Waals surface area contributed by atoms with Gasteiger partial charge >= 0.3 is 0 Å². The van der Waals surface area contributed by atoms with Crippen LogP contribution in [0.4, 0.5) is 5.69 Å². The van der Waals surface area contributed by atoms with Gasteiger partial charge in [-0.1, -0.05) is 6.42 Å². The number of aromatic nitrogens is 3. The number of nitrogens with zero attached hydrogens (tertiary/aromatic N) is 3. The molecule has 0 aliphatic carbocycles. The maximum Gasteiger partial charge on any atom is 0.257 e. The van der Waals surface area contributed by atoms with Gasteiger partial charge in [-0.3, -0.25) is 9.78 Å². The molecule has 0 bridgehead atoms. The summed E-state index contributed by atoms with van der Waals surface area (Å²) in [6, 6.07) is 9.58. The van der Waals surface area contributed by atoms with Gasteiger partial charge in [-0.2, -0.15) is 0 Å². The van der Waals surface area contributed by atoms with Crippen molar-refractivity contribution in [2.24, 2.45) is 0 Å². The van der Waals surface area contributed by atoms with Crippen molar-refractivity contribution in [3.05, 3.63) is 53.6 Å². The number of hydrogen-bond donors (Lipinski definition) is 1. The van der Waals surface area contributed by atoms with E-state index in [0.29, 0.717) is 5.56 Å². The van der Waals surface area contributed by atoms with Gasteiger partial charge in [0.1, 0.15) is 5.82 Å². The fraction of sp³-hybridized carbons (Fsp3) is 0.316. The SMILES string of the molecule is Cc1ccc(C(=O)Nc2ccc3c(c2)nc2n3CCCCC2)cn1. The Balaban J connectivity index is 1.61. The normalized spacial score (nSPS) is 14.2. The Morgan fingerprint density at radius 1 is 1.17 bits per heavy atom. The lowest BCUT2D eigenvalue weighted by Gasteiger charge is -2.07. The number of anilines is 1. The molecular formula is C19H20N4O. The third-order valence-corrected chi connectivity index (χ3v) is 4.54. The first kappa shape index (κ1) is 14.9. The summed E-state index contributed by atoms with van der Waals surface area (Å²) in [6.07, 6.45) is 6.31. The van der Waals surface area contributed by atoms with Crippen LogP contribution in [-0.4, -0.2) is 20.4 Å². The minimum Gasteiger partial charge on any atom is -0.328 e. The van der Waals surface area contributed by atoms with E-state index in [0.717, 1.165) is 41.2 Å². The largest absolute Gasteiger partial charge is 0.328 e. The molecule has 0 atom stereocenters. The molecule has 1 aliphatic rings. The van der Waals surface area contributed by atoms with E-state index >= 15 is 0 Å². The molecule has 5 nitrogen and oxygen atoms in total. The summed E-state index contributed by atoms with van der Waals surface area (Å²) in [7, 11) is 0. The highest BCUT2D eigenvalue weighted by Gasteiger charge is 2.14. The lowest BCUT2D eigenvalue weighted by atomic mass is 10.2. The van der Waals surface area contributed by atoms with Crippen LogP contribution in [0.15, 0.2) is 36.5 Å². The molecule has 0 spiro atoms. The number of benzene rings is 1. The molecule has 5 heteroatoms. The minimum absolute atomic E-state index is 0.150. The molecule has 1 N–H and O–H groups in total. The van der Waals surface area contributed by atoms with E-state index in [9.17, 15) is 4.79 Å². The third kappa shape index (κ3) is 2.77. The van der Waals surface area contributed by atoms with Gasteiger partial charge in [0.25, 0.3) is 5.91 Å². The fourth-order valence-electron chi connectivity index (χ4n) is 3.23. The first-order chi connectivity index (χ1) is 11.7. The van der Waals surface area contributed by atoms with Crippen LogP contribution >= 0.6 is 0 Å². The Morgan fingerprint density at radius 2 is 2.08 bits per heavy atom. The van der Waals surface area contributed by atoms with Crippen LogP contribution in [0.2, 0.25) is 0 Å². The molecule has 1 aliphatic heterocycles. The summed E-state index contributed by atoms with van der Waals surface area (Å²) in [5.41, 5.74) is 4.32. The molecule has 4 rings (SSSR count). The second kappa shape index (κ2) is 6.07. The smallest absolute Gasteiger partial charge is 0.257 e. The molecule has 1 aromatic carbocycles. The standard InChI is InChI=1S/C19H20N4O/c1-13-6-7-14(12-20-13)19(24)21-15-8-9-17-16(11-15)22-18-5-3-2-4-10-23(17)18/h6-9,11-12H,2-5,10H2,1H3,(H,21,24). The Bertz CT molecular complexity index is 896. The molecule has 3 heterocycles. The molecule has 122 valence electrons. The summed E-state index contributed by atoms with van der Waals surface area (Å²) in [6.45, 7) is 2.94. The molecule has 24 heavy (non-hydrogen) atoms. The van der Waals surface area contributed by atoms with Crippen molar-refractivity contribution >= 4 is 22.6 Å². The first-order valence-corrected chi connectivity index (χ1v) is 8.44. The number of carbonyl (C=O) groups excluding carboxylic acids is 1. The van der Waals surface area contributed by atoms with Crippen molar-refractivity contribution in [3.63, 3.8) is 0 Å². The number of hydrogen-bond acceptors (Lipinski definition) is 3. The molecule has 0 fully saturated rings. The number of imidazole rings is 1. The molecular weight excluding hydrogens is 300 g/mol. The van der Waals surface area contributed by atoms with E-state index in [1.165, 1.54) is 19.3 Å². The van der Waals surface area contributed by atoms with Gasteiger partial charge in [0.2, 0.25) is 0 Å². The summed E-state index contributed by atoms with van der Waals surface area (Å²) < 4.78 is 2.32. The molecule has 1 amide bonds. The number of aryl methyl sites for hydroxylation is 3. The summed E-state index contributed by atoms with van der Waals surface area (Å²) >= 11 is 0. The predicted octanol–water partition coefficient (Wildman–Crippen LogP) is 3.72. The second-order valence-electron chi connectivity index (χ2n) is 6.34. The predicted molar refractivity (Wildman–Crippen MR) is 94.2 cm³/mol. The highest BCUT2D eigenvalue weighted by molar-refractivity contribution is 6.04. The summed E-state index contributed by atoms with van der Waals surface area (Å²) in [5.74, 6) is 1.01. The third-order valence-electron chi connectivity index (χ3n) is 4.54. The molecule has 2 aromatic heterocycles. The van der Waals surface area contributed by atoms with Crippen molar-refractivity contribution in [3.8, 4) is 0 Å². The Hall–Kier alpha value is -2.69. The van der Waals surface area contributed by atoms with Crippen LogP contribution in [0.25, 0.3) is 11.0 Å². The summed E-state index contributed by atoms with van der Waals surface area (Å²) in [5, 5.41) is 2.93. The number of fused-ring (bicyclic) bond motifs is 3. The van der Waals surface area contributed by atoms with Crippen molar-refractivity contribution in [1.82, 2.24) is 14.5 Å². The van der Waals surface area contributed by atoms with Gasteiger partial charge in [-0.15, -0.1) is 0 Å². The van der Waals surface area contributed by atoms with Crippen LogP contribution in [0.1, 0.15) is 41.1 Å². The fourth-order valence-corrected chi connectivity index (χ4v) is 3.23. The number of nitrogens with one attached hydrogen (secondary N) is 1. The average Bonchev–Trinajstić information content (AvgIpc) is 2.76. The minimum atomic E-state index is -0.150. The maximum absolute atomic E-state index is 12.3. The van der Waals surface area contributed by atoms with Crippen molar-refractivity contribution in [1.29, 1.82) is 0 Å². The van der Waals surface area contributed by atoms with E-state index in [2.05, 4.69) is 20.9 Å². The Morgan fingerprint density at radius 3 is 2.92 bits per heavy atom. The first-order valence-electron chi connectivity index (χ1n) is 8.44. The average molecular weight is 320 g/mol. The van der Waals surface area contributed by atoms with Crippen molar-refractivity contribution in [2.45, 2.75) is 39.2 Å². The zero-order valence-electron chi connectivity index (χ0n) is 13.7. The number of carbonyl (C=O) groups is 1. The Labute approximate surface area is 140 Å². The number of amides is 1. The highest BCUT2D eigenvalue weighted by atomic mass is 16.1. The van der Waals surface area contributed by atoms with Crippen LogP contribution in [-0.2, 0) is 13.0 Å². The van der Waals surface area contributed by atoms with Gasteiger partial charge in [0.05, 0.1) is 16.6 Å². The lowest BCUT2D eigenvalue weighted by Crippen LogP contribution is -2.12. The van der Waals surface area contributed by atoms with E-state index in [1.807, 2.05) is 25.1 Å². The lowest BCUT2D eigenvalue weighted by molar-refractivity contribution is 0.102. The van der Waals surface area contributed by atoms with Crippen LogP contribution < -0.4 is 5.32 Å². The Kier molecular flexibility index (Phi) is 3.76. The van der Waals surface area contributed by atoms with E-state index in [-0.39, 0.29) is 5.91 Å². The number of pyridine rings is 1. The molecule has 0 saturated heterocycles. The molecule has 0 unspecified atom stereocenters. The van der Waals surface area contributed by atoms with E-state index in [4.69, 9.17) is 4.98 Å². The maximum atomic E-state index is 12.3. The zero-order chi connectivity index (χ0) is 16.5. The van der Waals surface area contributed by atoms with Crippen LogP contribution in [0.5, 0.6) is 0 Å². The monoisotopic (exact) mass is 320 g/mol. The molecule has 0 saturated carbocycles. The quantitative estimate of drug-likeness (QED) is 0.783. The molecule has 0 radical (unpaired) electrons. The topological polar surface area (TPSA) is 59.8 Å². The van der Waals surface area contributed by atoms with E-state index < -0.39 is 0 Å². The van der Waals surface area contributed by atoms with Gasteiger partial charge in [-0.25, -0.2) is 4.98 Å². The highest BCUT2D eigenvalue weighted by Crippen LogP contribution is 2.24. The summed E-state index contributed by atoms with van der Waals surface area (Å²) in [4.78, 5) is 21.3. The van der Waals surface area contributed by atoms with Crippen molar-refractivity contribution in [2.75, 3.05) is 5.32 Å². The van der Waals surface area contributed by atoms with Crippen LogP contribution in [0, 0.1) is 6.92 Å². The van der Waals surface area contributed by atoms with Gasteiger partial charge in [0.15, 0.2) is 0 Å². The second-order valence-corrected chi connectivity index (χ2v) is 6.34. The van der Waals surface area contributed by atoms with Gasteiger partial charge in [0, 0.05) is 30.5 Å². The number of rotatable bonds is 2. The zero-order valence-corrected chi connectivity index (χ0v) is 13.7. The van der Waals surface area contributed by atoms with Gasteiger partial charge < -0.3 is 9.88 Å². The molecule has 3 aromatic rings. The van der Waals surface area contributed by atoms with E-state index in [1.54, 1.807) is 12.3 Å².